The maximum Gasteiger partial charge on any atom is 0.224 e. The van der Waals surface area contributed by atoms with Gasteiger partial charge in [0.15, 0.2) is 0 Å². The van der Waals surface area contributed by atoms with Gasteiger partial charge < -0.3 is 10.6 Å². The molecule has 6 nitrogen and oxygen atoms in total. The number of rotatable bonds is 18. The Morgan fingerprint density at radius 1 is 0.639 bits per heavy atom. The summed E-state index contributed by atoms with van der Waals surface area (Å²) in [7, 11) is 0. The Kier molecular flexibility index (Phi) is 14.8. The van der Waals surface area contributed by atoms with E-state index in [-0.39, 0.29) is 11.8 Å². The van der Waals surface area contributed by atoms with Crippen LogP contribution in [-0.4, -0.2) is 11.8 Å². The predicted octanol–water partition coefficient (Wildman–Crippen LogP) is 9.48. The van der Waals surface area contributed by atoms with Gasteiger partial charge >= 0.3 is 0 Å². The first-order chi connectivity index (χ1) is 17.6. The Balaban J connectivity index is 1.98. The number of azo groups is 1. The molecule has 0 saturated carbocycles. The van der Waals surface area contributed by atoms with Gasteiger partial charge in [-0.3, -0.25) is 9.59 Å². The first-order valence-corrected chi connectivity index (χ1v) is 13.8. The number of hydrogen-bond donors (Lipinski definition) is 2. The summed E-state index contributed by atoms with van der Waals surface area (Å²) in [5, 5.41) is 14.6. The SMILES string of the molecule is CCCCCCCCC(=O)Nc1ccc(N=Nc2ccccc2)c(NC(=O)CCCCCCCC)c1. The number of unbranched alkanes of at least 4 members (excludes halogenated alkanes) is 10. The average Bonchev–Trinajstić information content (AvgIpc) is 2.88. The molecule has 2 N–H and O–H groups in total. The molecule has 0 aliphatic heterocycles. The van der Waals surface area contributed by atoms with E-state index in [4.69, 9.17) is 0 Å². The molecule has 0 fully saturated rings. The lowest BCUT2D eigenvalue weighted by Crippen LogP contribution is -2.13. The minimum absolute atomic E-state index is 0.00601. The third kappa shape index (κ3) is 12.6. The Morgan fingerprint density at radius 3 is 1.81 bits per heavy atom. The van der Waals surface area contributed by atoms with Crippen LogP contribution in [0.25, 0.3) is 0 Å². The maximum absolute atomic E-state index is 12.6. The number of nitrogens with one attached hydrogen (secondary N) is 2. The summed E-state index contributed by atoms with van der Waals surface area (Å²) in [5.41, 5.74) is 2.50. The van der Waals surface area contributed by atoms with E-state index in [1.54, 1.807) is 12.1 Å². The third-order valence-electron chi connectivity index (χ3n) is 6.10. The van der Waals surface area contributed by atoms with Gasteiger partial charge in [-0.2, -0.15) is 5.11 Å². The van der Waals surface area contributed by atoms with Crippen molar-refractivity contribution in [3.8, 4) is 0 Å². The Hall–Kier alpha value is -3.02. The van der Waals surface area contributed by atoms with Crippen molar-refractivity contribution in [2.45, 2.75) is 104 Å². The van der Waals surface area contributed by atoms with Gasteiger partial charge in [-0.1, -0.05) is 96.3 Å². The van der Waals surface area contributed by atoms with E-state index < -0.39 is 0 Å². The number of nitrogens with zero attached hydrogens (tertiary/aromatic N) is 2. The van der Waals surface area contributed by atoms with Crippen molar-refractivity contribution in [1.29, 1.82) is 0 Å². The van der Waals surface area contributed by atoms with Crippen LogP contribution in [0.4, 0.5) is 22.7 Å². The van der Waals surface area contributed by atoms with Crippen molar-refractivity contribution in [2.24, 2.45) is 10.2 Å². The zero-order valence-corrected chi connectivity index (χ0v) is 22.2. The lowest BCUT2D eigenvalue weighted by molar-refractivity contribution is -0.117. The number of amides is 2. The summed E-state index contributed by atoms with van der Waals surface area (Å²) < 4.78 is 0. The molecule has 0 heterocycles. The number of carbonyl (C=O) groups is 2. The molecule has 0 atom stereocenters. The van der Waals surface area contributed by atoms with Gasteiger partial charge in [-0.05, 0) is 43.2 Å². The summed E-state index contributed by atoms with van der Waals surface area (Å²) in [4.78, 5) is 25.1. The molecule has 2 aromatic carbocycles. The van der Waals surface area contributed by atoms with E-state index >= 15 is 0 Å². The van der Waals surface area contributed by atoms with E-state index in [2.05, 4.69) is 34.7 Å². The van der Waals surface area contributed by atoms with Crippen molar-refractivity contribution >= 4 is 34.6 Å². The van der Waals surface area contributed by atoms with Gasteiger partial charge in [0.2, 0.25) is 11.8 Å². The maximum atomic E-state index is 12.6. The lowest BCUT2D eigenvalue weighted by atomic mass is 10.1. The van der Waals surface area contributed by atoms with Gasteiger partial charge in [-0.25, -0.2) is 0 Å². The first-order valence-electron chi connectivity index (χ1n) is 13.8. The quantitative estimate of drug-likeness (QED) is 0.160. The highest BCUT2D eigenvalue weighted by atomic mass is 16.2. The van der Waals surface area contributed by atoms with Crippen LogP contribution in [0.1, 0.15) is 104 Å². The number of benzene rings is 2. The highest BCUT2D eigenvalue weighted by Gasteiger charge is 2.10. The largest absolute Gasteiger partial charge is 0.326 e. The molecule has 6 heteroatoms. The summed E-state index contributed by atoms with van der Waals surface area (Å²) >= 11 is 0. The topological polar surface area (TPSA) is 82.9 Å². The summed E-state index contributed by atoms with van der Waals surface area (Å²) in [5.74, 6) is -0.0503. The molecule has 0 aromatic heterocycles. The van der Waals surface area contributed by atoms with Crippen molar-refractivity contribution in [2.75, 3.05) is 10.6 Å². The van der Waals surface area contributed by atoms with Crippen molar-refractivity contribution < 1.29 is 9.59 Å². The highest BCUT2D eigenvalue weighted by molar-refractivity contribution is 5.96. The van der Waals surface area contributed by atoms with E-state index in [1.807, 2.05) is 36.4 Å². The standard InChI is InChI=1S/C30H44N4O2/c1-3-5-7-9-11-16-20-29(35)31-26-22-23-27(34-33-25-18-14-13-15-19-25)28(24-26)32-30(36)21-17-12-10-8-6-4-2/h13-15,18-19,22-24H,3-12,16-17,20-21H2,1-2H3,(H,31,35)(H,32,36). The molecule has 2 aromatic rings. The number of anilines is 2. The summed E-state index contributed by atoms with van der Waals surface area (Å²) in [6.45, 7) is 4.40. The molecule has 0 radical (unpaired) electrons. The van der Waals surface area contributed by atoms with Crippen LogP contribution >= 0.6 is 0 Å². The second-order valence-electron chi connectivity index (χ2n) is 9.40. The first kappa shape index (κ1) is 29.2. The van der Waals surface area contributed by atoms with Crippen molar-refractivity contribution in [1.82, 2.24) is 0 Å². The Morgan fingerprint density at radius 2 is 1.19 bits per heavy atom. The monoisotopic (exact) mass is 492 g/mol. The van der Waals surface area contributed by atoms with Gasteiger partial charge in [0.25, 0.3) is 0 Å². The molecule has 0 bridgehead atoms. The van der Waals surface area contributed by atoms with Crippen LogP contribution in [0, 0.1) is 0 Å². The second kappa shape index (κ2) is 18.3. The van der Waals surface area contributed by atoms with Crippen molar-refractivity contribution in [3.05, 3.63) is 48.5 Å². The van der Waals surface area contributed by atoms with Gasteiger partial charge in [0.1, 0.15) is 5.69 Å². The molecule has 2 amide bonds. The fourth-order valence-electron chi connectivity index (χ4n) is 3.98. The fraction of sp³-hybridized carbons (Fsp3) is 0.533. The number of carbonyl (C=O) groups excluding carboxylic acids is 2. The summed E-state index contributed by atoms with van der Waals surface area (Å²) in [6.07, 6.45) is 14.6. The fourth-order valence-corrected chi connectivity index (χ4v) is 3.98. The van der Waals surface area contributed by atoms with Crippen LogP contribution in [0.3, 0.4) is 0 Å². The highest BCUT2D eigenvalue weighted by Crippen LogP contribution is 2.30. The van der Waals surface area contributed by atoms with Crippen LogP contribution < -0.4 is 10.6 Å². The van der Waals surface area contributed by atoms with E-state index in [0.717, 1.165) is 37.8 Å². The minimum Gasteiger partial charge on any atom is -0.326 e. The molecule has 0 aliphatic carbocycles. The van der Waals surface area contributed by atoms with Crippen LogP contribution in [0.5, 0.6) is 0 Å². The van der Waals surface area contributed by atoms with Crippen LogP contribution in [0.15, 0.2) is 58.8 Å². The molecule has 2 rings (SSSR count). The molecular weight excluding hydrogens is 448 g/mol. The lowest BCUT2D eigenvalue weighted by Gasteiger charge is -2.11. The molecule has 0 unspecified atom stereocenters. The van der Waals surface area contributed by atoms with Crippen molar-refractivity contribution in [3.63, 3.8) is 0 Å². The smallest absolute Gasteiger partial charge is 0.224 e. The molecule has 0 aliphatic rings. The molecular formula is C30H44N4O2. The van der Waals surface area contributed by atoms with Gasteiger partial charge in [-0.15, -0.1) is 5.11 Å². The predicted molar refractivity (Wildman–Crippen MR) is 150 cm³/mol. The van der Waals surface area contributed by atoms with Crippen LogP contribution in [-0.2, 0) is 9.59 Å². The second-order valence-corrected chi connectivity index (χ2v) is 9.40. The van der Waals surface area contributed by atoms with E-state index in [0.29, 0.717) is 29.9 Å². The van der Waals surface area contributed by atoms with Gasteiger partial charge in [0.05, 0.1) is 11.4 Å². The molecule has 196 valence electrons. The molecule has 0 spiro atoms. The Labute approximate surface area is 217 Å². The minimum atomic E-state index is -0.0443. The molecule has 36 heavy (non-hydrogen) atoms. The Bertz CT molecular complexity index is 928. The zero-order chi connectivity index (χ0) is 25.8. The van der Waals surface area contributed by atoms with E-state index in [9.17, 15) is 9.59 Å². The average molecular weight is 493 g/mol. The number of hydrogen-bond acceptors (Lipinski definition) is 4. The molecule has 0 saturated heterocycles. The summed E-state index contributed by atoms with van der Waals surface area (Å²) in [6, 6.07) is 14.8. The normalized spacial score (nSPS) is 11.1. The van der Waals surface area contributed by atoms with Gasteiger partial charge in [0, 0.05) is 18.5 Å². The van der Waals surface area contributed by atoms with E-state index in [1.165, 1.54) is 44.9 Å². The zero-order valence-electron chi connectivity index (χ0n) is 22.2. The van der Waals surface area contributed by atoms with Crippen LogP contribution in [0.2, 0.25) is 0 Å². The third-order valence-corrected chi connectivity index (χ3v) is 6.10.